The highest BCUT2D eigenvalue weighted by Crippen LogP contribution is 2.27. The van der Waals surface area contributed by atoms with E-state index in [0.29, 0.717) is 5.92 Å². The summed E-state index contributed by atoms with van der Waals surface area (Å²) in [6.07, 6.45) is 5.10. The maximum Gasteiger partial charge on any atom is 0.0620 e. The Kier molecular flexibility index (Phi) is 5.95. The third-order valence-corrected chi connectivity index (χ3v) is 3.71. The summed E-state index contributed by atoms with van der Waals surface area (Å²) in [6, 6.07) is 0. The fourth-order valence-electron chi connectivity index (χ4n) is 2.55. The quantitative estimate of drug-likeness (QED) is 0.775. The molecule has 19 heavy (non-hydrogen) atoms. The first-order valence-electron chi connectivity index (χ1n) is 7.11. The summed E-state index contributed by atoms with van der Waals surface area (Å²) < 4.78 is 0. The zero-order chi connectivity index (χ0) is 14.5. The number of hydrogen-bond acceptors (Lipinski definition) is 3. The summed E-state index contributed by atoms with van der Waals surface area (Å²) in [5.41, 5.74) is 1.26. The molecule has 1 atom stereocenters. The van der Waals surface area contributed by atoms with E-state index in [-0.39, 0.29) is 0 Å². The number of aliphatic imine (C=N–C) groups is 1. The standard InChI is InChI=1S/C16H28N2O/c1-13(2)17-11-14(3)12-18-9-6-7-15(8-10-18)16(4,5)19/h11,15,19H,1,3,6-10,12H2,2,4-5H3/b17-11-. The van der Waals surface area contributed by atoms with E-state index in [1.54, 1.807) is 6.21 Å². The molecule has 0 bridgehead atoms. The van der Waals surface area contributed by atoms with Crippen molar-refractivity contribution in [3.05, 3.63) is 24.4 Å². The maximum absolute atomic E-state index is 10.1. The summed E-state index contributed by atoms with van der Waals surface area (Å²) in [4.78, 5) is 6.58. The average molecular weight is 264 g/mol. The van der Waals surface area contributed by atoms with Crippen molar-refractivity contribution in [1.29, 1.82) is 0 Å². The molecule has 1 rings (SSSR count). The van der Waals surface area contributed by atoms with Crippen LogP contribution in [0.3, 0.4) is 0 Å². The molecule has 0 radical (unpaired) electrons. The first-order chi connectivity index (χ1) is 8.79. The normalized spacial score (nSPS) is 22.4. The Balaban J connectivity index is 2.45. The molecule has 0 saturated carbocycles. The highest BCUT2D eigenvalue weighted by atomic mass is 16.3. The molecule has 1 N–H and O–H groups in total. The molecule has 1 unspecified atom stereocenters. The average Bonchev–Trinajstić information content (AvgIpc) is 2.51. The molecule has 0 spiro atoms. The molecule has 3 nitrogen and oxygen atoms in total. The molecule has 1 saturated heterocycles. The van der Waals surface area contributed by atoms with Crippen molar-refractivity contribution in [2.75, 3.05) is 19.6 Å². The molecule has 1 heterocycles. The molecule has 0 aromatic heterocycles. The van der Waals surface area contributed by atoms with E-state index in [1.165, 1.54) is 0 Å². The minimum atomic E-state index is -0.561. The van der Waals surface area contributed by atoms with Crippen LogP contribution < -0.4 is 0 Å². The Morgan fingerprint density at radius 3 is 2.63 bits per heavy atom. The van der Waals surface area contributed by atoms with E-state index in [4.69, 9.17) is 0 Å². The maximum atomic E-state index is 10.1. The van der Waals surface area contributed by atoms with Gasteiger partial charge in [-0.1, -0.05) is 13.2 Å². The second kappa shape index (κ2) is 7.01. The van der Waals surface area contributed by atoms with Crippen LogP contribution in [0.4, 0.5) is 0 Å². The van der Waals surface area contributed by atoms with Gasteiger partial charge in [-0.3, -0.25) is 9.89 Å². The SMILES string of the molecule is C=C(/C=N\C(=C)C)CN1CCCC(C(C)(C)O)CC1. The summed E-state index contributed by atoms with van der Waals surface area (Å²) in [7, 11) is 0. The van der Waals surface area contributed by atoms with Crippen LogP contribution in [0.2, 0.25) is 0 Å². The molecule has 1 fully saturated rings. The zero-order valence-corrected chi connectivity index (χ0v) is 12.7. The first-order valence-corrected chi connectivity index (χ1v) is 7.11. The molecular formula is C16H28N2O. The smallest absolute Gasteiger partial charge is 0.0620 e. The van der Waals surface area contributed by atoms with Gasteiger partial charge in [0.25, 0.3) is 0 Å². The predicted octanol–water partition coefficient (Wildman–Crippen LogP) is 3.02. The third kappa shape index (κ3) is 6.17. The van der Waals surface area contributed by atoms with E-state index in [1.807, 2.05) is 20.8 Å². The van der Waals surface area contributed by atoms with Crippen LogP contribution in [0, 0.1) is 5.92 Å². The lowest BCUT2D eigenvalue weighted by atomic mass is 9.85. The number of allylic oxidation sites excluding steroid dienone is 1. The Labute approximate surface area is 117 Å². The van der Waals surface area contributed by atoms with E-state index >= 15 is 0 Å². The van der Waals surface area contributed by atoms with Gasteiger partial charge in [0.15, 0.2) is 0 Å². The van der Waals surface area contributed by atoms with E-state index in [2.05, 4.69) is 23.1 Å². The van der Waals surface area contributed by atoms with Gasteiger partial charge in [0, 0.05) is 18.5 Å². The molecule has 108 valence electrons. The van der Waals surface area contributed by atoms with Crippen LogP contribution in [0.25, 0.3) is 0 Å². The molecule has 1 aliphatic heterocycles. The van der Waals surface area contributed by atoms with Crippen LogP contribution in [-0.2, 0) is 0 Å². The van der Waals surface area contributed by atoms with Gasteiger partial charge in [-0.25, -0.2) is 0 Å². The zero-order valence-electron chi connectivity index (χ0n) is 12.7. The Bertz CT molecular complexity index is 352. The molecule has 0 amide bonds. The highest BCUT2D eigenvalue weighted by Gasteiger charge is 2.28. The molecule has 1 aliphatic rings. The predicted molar refractivity (Wildman–Crippen MR) is 82.5 cm³/mol. The number of nitrogens with zero attached hydrogens (tertiary/aromatic N) is 2. The van der Waals surface area contributed by atoms with Crippen LogP contribution in [0.5, 0.6) is 0 Å². The lowest BCUT2D eigenvalue weighted by Crippen LogP contribution is -2.32. The Morgan fingerprint density at radius 1 is 1.37 bits per heavy atom. The summed E-state index contributed by atoms with van der Waals surface area (Å²) in [5, 5.41) is 10.1. The van der Waals surface area contributed by atoms with Crippen LogP contribution in [0.15, 0.2) is 29.4 Å². The van der Waals surface area contributed by atoms with Crippen molar-refractivity contribution in [3.63, 3.8) is 0 Å². The largest absolute Gasteiger partial charge is 0.390 e. The van der Waals surface area contributed by atoms with E-state index in [9.17, 15) is 5.11 Å². The second-order valence-corrected chi connectivity index (χ2v) is 6.21. The first kappa shape index (κ1) is 16.1. The molecule has 0 aromatic rings. The minimum absolute atomic E-state index is 0.398. The molecule has 0 aromatic carbocycles. The topological polar surface area (TPSA) is 35.8 Å². The van der Waals surface area contributed by atoms with Crippen LogP contribution >= 0.6 is 0 Å². The van der Waals surface area contributed by atoms with E-state index in [0.717, 1.165) is 50.2 Å². The fraction of sp³-hybridized carbons (Fsp3) is 0.688. The van der Waals surface area contributed by atoms with Crippen molar-refractivity contribution >= 4 is 6.21 Å². The van der Waals surface area contributed by atoms with Crippen molar-refractivity contribution in [2.45, 2.75) is 45.6 Å². The van der Waals surface area contributed by atoms with Crippen molar-refractivity contribution < 1.29 is 5.11 Å². The number of hydrogen-bond donors (Lipinski definition) is 1. The Hall–Kier alpha value is -0.930. The van der Waals surface area contributed by atoms with E-state index < -0.39 is 5.60 Å². The van der Waals surface area contributed by atoms with Crippen LogP contribution in [-0.4, -0.2) is 41.5 Å². The summed E-state index contributed by atoms with van der Waals surface area (Å²) >= 11 is 0. The Morgan fingerprint density at radius 2 is 2.05 bits per heavy atom. The summed E-state index contributed by atoms with van der Waals surface area (Å²) in [5.74, 6) is 0.398. The third-order valence-electron chi connectivity index (χ3n) is 3.71. The molecule has 3 heteroatoms. The van der Waals surface area contributed by atoms with Crippen LogP contribution in [0.1, 0.15) is 40.0 Å². The van der Waals surface area contributed by atoms with Gasteiger partial charge in [0.1, 0.15) is 0 Å². The van der Waals surface area contributed by atoms with Gasteiger partial charge in [0.2, 0.25) is 0 Å². The number of likely N-dealkylation sites (tertiary alicyclic amines) is 1. The molecule has 0 aliphatic carbocycles. The van der Waals surface area contributed by atoms with Gasteiger partial charge in [-0.2, -0.15) is 0 Å². The van der Waals surface area contributed by atoms with Crippen molar-refractivity contribution in [3.8, 4) is 0 Å². The lowest BCUT2D eigenvalue weighted by Gasteiger charge is -2.28. The minimum Gasteiger partial charge on any atom is -0.390 e. The summed E-state index contributed by atoms with van der Waals surface area (Å²) in [6.45, 7) is 16.5. The highest BCUT2D eigenvalue weighted by molar-refractivity contribution is 5.78. The number of aliphatic hydroxyl groups is 1. The van der Waals surface area contributed by atoms with Crippen molar-refractivity contribution in [1.82, 2.24) is 4.90 Å². The molecular weight excluding hydrogens is 236 g/mol. The second-order valence-electron chi connectivity index (χ2n) is 6.21. The number of rotatable bonds is 5. The van der Waals surface area contributed by atoms with Gasteiger partial charge in [-0.15, -0.1) is 0 Å². The van der Waals surface area contributed by atoms with Gasteiger partial charge in [0.05, 0.1) is 5.60 Å². The lowest BCUT2D eigenvalue weighted by molar-refractivity contribution is 0.0107. The fourth-order valence-corrected chi connectivity index (χ4v) is 2.55. The van der Waals surface area contributed by atoms with Gasteiger partial charge in [-0.05, 0) is 64.6 Å². The van der Waals surface area contributed by atoms with Crippen molar-refractivity contribution in [2.24, 2.45) is 10.9 Å². The monoisotopic (exact) mass is 264 g/mol. The van der Waals surface area contributed by atoms with Gasteiger partial charge < -0.3 is 5.11 Å². The van der Waals surface area contributed by atoms with Gasteiger partial charge >= 0.3 is 0 Å².